The average Bonchev–Trinajstić information content (AvgIpc) is 2.57. The van der Waals surface area contributed by atoms with E-state index in [1.165, 1.54) is 0 Å². The van der Waals surface area contributed by atoms with Gasteiger partial charge in [0, 0.05) is 5.75 Å². The van der Waals surface area contributed by atoms with Gasteiger partial charge in [-0.05, 0) is 0 Å². The summed E-state index contributed by atoms with van der Waals surface area (Å²) in [6.45, 7) is 0. The molecule has 0 aliphatic rings. The van der Waals surface area contributed by atoms with Crippen molar-refractivity contribution in [2.24, 2.45) is 0 Å². The van der Waals surface area contributed by atoms with Crippen LogP contribution in [0.2, 0.25) is 0 Å². The first-order valence-corrected chi connectivity index (χ1v) is 3.47. The molecule has 65 valence electrons. The average molecular weight is 205 g/mol. The Morgan fingerprint density at radius 2 is 1.42 bits per heavy atom. The Bertz CT molecular complexity index is 228. The third kappa shape index (κ3) is 4.77. The molecule has 0 heterocycles. The second-order valence-electron chi connectivity index (χ2n) is 2.11. The molecule has 2 aromatic rings. The Hall–Kier alpha value is -0.994. The fraction of sp³-hybridized carbons (Fsp3) is 0. The van der Waals surface area contributed by atoms with Crippen molar-refractivity contribution in [1.82, 2.24) is 0 Å². The van der Waals surface area contributed by atoms with E-state index < -0.39 is 0 Å². The van der Waals surface area contributed by atoms with E-state index in [1.54, 1.807) is 24.3 Å². The van der Waals surface area contributed by atoms with Crippen LogP contribution in [0.25, 0.3) is 0 Å². The first kappa shape index (κ1) is 11.0. The molecule has 0 aromatic heterocycles. The summed E-state index contributed by atoms with van der Waals surface area (Å²) in [6.07, 6.45) is 0. The van der Waals surface area contributed by atoms with E-state index in [4.69, 9.17) is 5.11 Å². The minimum absolute atomic E-state index is 0. The van der Waals surface area contributed by atoms with E-state index in [9.17, 15) is 0 Å². The minimum atomic E-state index is 0. The second kappa shape index (κ2) is 6.70. The van der Waals surface area contributed by atoms with E-state index in [0.29, 0.717) is 5.75 Å². The molecule has 0 saturated carbocycles. The third-order valence-electron chi connectivity index (χ3n) is 1.20. The molecule has 12 heavy (non-hydrogen) atoms. The molecular weight excluding hydrogens is 195 g/mol. The summed E-state index contributed by atoms with van der Waals surface area (Å²) in [6, 6.07) is 16.9. The molecular formula is C10H10CoO. The molecule has 0 atom stereocenters. The predicted octanol–water partition coefficient (Wildman–Crippen LogP) is 2.51. The Kier molecular flexibility index (Phi) is 6.15. The second-order valence-corrected chi connectivity index (χ2v) is 2.11. The summed E-state index contributed by atoms with van der Waals surface area (Å²) in [5.74, 6) is 0.343. The zero-order valence-electron chi connectivity index (χ0n) is 6.48. The Morgan fingerprint density at radius 1 is 0.917 bits per heavy atom. The number of hydrogen-bond acceptors (Lipinski definition) is 1. The standard InChI is InChI=1S/C5H5O.C5H5.Co/c6-5-3-1-2-4-5;1-2-4-5-3-1;/h1-4,6H;1-5H;/q2*-1;+2. The normalized spacial score (nSPS) is 7.67. The fourth-order valence-electron chi connectivity index (χ4n) is 0.685. The van der Waals surface area contributed by atoms with Crippen LogP contribution in [-0.4, -0.2) is 5.11 Å². The van der Waals surface area contributed by atoms with Crippen LogP contribution in [0.4, 0.5) is 0 Å². The Balaban J connectivity index is 0.000000189. The first-order valence-electron chi connectivity index (χ1n) is 3.47. The van der Waals surface area contributed by atoms with Gasteiger partial charge in [0.25, 0.3) is 0 Å². The summed E-state index contributed by atoms with van der Waals surface area (Å²) in [4.78, 5) is 0. The van der Waals surface area contributed by atoms with E-state index in [0.717, 1.165) is 0 Å². The smallest absolute Gasteiger partial charge is 0.566 e. The van der Waals surface area contributed by atoms with Crippen LogP contribution in [0, 0.1) is 0 Å². The molecule has 1 N–H and O–H groups in total. The first-order chi connectivity index (χ1) is 5.39. The van der Waals surface area contributed by atoms with Crippen LogP contribution in [0.5, 0.6) is 5.75 Å². The number of hydrogen-bond donors (Lipinski definition) is 1. The summed E-state index contributed by atoms with van der Waals surface area (Å²) in [5.41, 5.74) is 0. The molecule has 0 amide bonds. The molecule has 0 saturated heterocycles. The Labute approximate surface area is 82.6 Å². The molecule has 2 heteroatoms. The summed E-state index contributed by atoms with van der Waals surface area (Å²) < 4.78 is 0. The maximum atomic E-state index is 8.47. The molecule has 2 rings (SSSR count). The zero-order chi connectivity index (χ0) is 7.94. The summed E-state index contributed by atoms with van der Waals surface area (Å²) in [5, 5.41) is 8.47. The quantitative estimate of drug-likeness (QED) is 0.655. The van der Waals surface area contributed by atoms with Gasteiger partial charge in [0.1, 0.15) is 0 Å². The molecule has 1 nitrogen and oxygen atoms in total. The van der Waals surface area contributed by atoms with E-state index in [1.807, 2.05) is 30.3 Å². The molecule has 0 fully saturated rings. The monoisotopic (exact) mass is 205 g/mol. The molecule has 0 spiro atoms. The van der Waals surface area contributed by atoms with Crippen molar-refractivity contribution in [2.45, 2.75) is 0 Å². The topological polar surface area (TPSA) is 20.2 Å². The van der Waals surface area contributed by atoms with Gasteiger partial charge in [0.05, 0.1) is 0 Å². The number of rotatable bonds is 0. The van der Waals surface area contributed by atoms with Gasteiger partial charge in [-0.1, -0.05) is 0 Å². The van der Waals surface area contributed by atoms with Crippen LogP contribution in [-0.2, 0) is 16.8 Å². The van der Waals surface area contributed by atoms with Crippen LogP contribution in [0.15, 0.2) is 54.6 Å². The summed E-state index contributed by atoms with van der Waals surface area (Å²) >= 11 is 0. The van der Waals surface area contributed by atoms with Crippen LogP contribution >= 0.6 is 0 Å². The molecule has 0 unspecified atom stereocenters. The van der Waals surface area contributed by atoms with Gasteiger partial charge in [-0.3, -0.25) is 0 Å². The number of aromatic hydroxyl groups is 1. The maximum Gasteiger partial charge on any atom is 2.00 e. The van der Waals surface area contributed by atoms with Gasteiger partial charge in [-0.2, -0.15) is 18.2 Å². The fourth-order valence-corrected chi connectivity index (χ4v) is 0.685. The van der Waals surface area contributed by atoms with E-state index in [-0.39, 0.29) is 16.8 Å². The van der Waals surface area contributed by atoms with E-state index >= 15 is 0 Å². The van der Waals surface area contributed by atoms with Crippen LogP contribution in [0.3, 0.4) is 0 Å². The van der Waals surface area contributed by atoms with Crippen molar-refractivity contribution in [3.05, 3.63) is 54.6 Å². The van der Waals surface area contributed by atoms with Crippen molar-refractivity contribution < 1.29 is 21.9 Å². The van der Waals surface area contributed by atoms with Crippen molar-refractivity contribution in [3.8, 4) is 5.75 Å². The predicted molar refractivity (Wildman–Crippen MR) is 45.7 cm³/mol. The van der Waals surface area contributed by atoms with Crippen molar-refractivity contribution in [3.63, 3.8) is 0 Å². The van der Waals surface area contributed by atoms with Gasteiger partial charge in [-0.25, -0.2) is 24.3 Å². The molecule has 2 aromatic carbocycles. The molecule has 1 radical (unpaired) electrons. The van der Waals surface area contributed by atoms with Gasteiger partial charge in [0.15, 0.2) is 0 Å². The van der Waals surface area contributed by atoms with Crippen molar-refractivity contribution >= 4 is 0 Å². The van der Waals surface area contributed by atoms with Gasteiger partial charge in [-0.15, -0.1) is 12.1 Å². The largest absolute Gasteiger partial charge is 2.00 e. The minimum Gasteiger partial charge on any atom is -0.566 e. The van der Waals surface area contributed by atoms with Crippen molar-refractivity contribution in [2.75, 3.05) is 0 Å². The van der Waals surface area contributed by atoms with Crippen molar-refractivity contribution in [1.29, 1.82) is 0 Å². The summed E-state index contributed by atoms with van der Waals surface area (Å²) in [7, 11) is 0. The van der Waals surface area contributed by atoms with E-state index in [2.05, 4.69) is 0 Å². The zero-order valence-corrected chi connectivity index (χ0v) is 7.52. The molecule has 0 aliphatic heterocycles. The molecule has 0 aliphatic carbocycles. The molecule has 0 bridgehead atoms. The maximum absolute atomic E-state index is 8.47. The third-order valence-corrected chi connectivity index (χ3v) is 1.20. The van der Waals surface area contributed by atoms with Crippen LogP contribution < -0.4 is 0 Å². The van der Waals surface area contributed by atoms with Crippen LogP contribution in [0.1, 0.15) is 0 Å². The van der Waals surface area contributed by atoms with Gasteiger partial charge in [0.2, 0.25) is 0 Å². The SMILES string of the molecule is O[c-]1cccc1.[Co+2].c1cc[cH-]c1. The Morgan fingerprint density at radius 3 is 1.58 bits per heavy atom. The van der Waals surface area contributed by atoms with Gasteiger partial charge >= 0.3 is 16.8 Å². The van der Waals surface area contributed by atoms with Gasteiger partial charge < -0.3 is 5.11 Å².